The summed E-state index contributed by atoms with van der Waals surface area (Å²) in [6, 6.07) is 32.9. The molecule has 1 nitrogen and oxygen atoms in total. The summed E-state index contributed by atoms with van der Waals surface area (Å²) >= 11 is 0. The quantitative estimate of drug-likeness (QED) is 0.481. The van der Waals surface area contributed by atoms with Gasteiger partial charge in [-0.2, -0.15) is 0 Å². The van der Waals surface area contributed by atoms with E-state index >= 15 is 0 Å². The van der Waals surface area contributed by atoms with Crippen molar-refractivity contribution in [1.82, 2.24) is 0 Å². The van der Waals surface area contributed by atoms with Crippen LogP contribution >= 0.6 is 24.2 Å². The molecule has 0 spiro atoms. The van der Waals surface area contributed by atoms with Crippen molar-refractivity contribution >= 4 is 40.2 Å². The van der Waals surface area contributed by atoms with Crippen LogP contribution in [0.3, 0.4) is 0 Å². The number of rotatable bonds is 7. The van der Waals surface area contributed by atoms with E-state index in [0.29, 0.717) is 0 Å². The Labute approximate surface area is 168 Å². The van der Waals surface area contributed by atoms with Gasteiger partial charge in [0.25, 0.3) is 0 Å². The van der Waals surface area contributed by atoms with Crippen molar-refractivity contribution in [3.63, 3.8) is 0 Å². The van der Waals surface area contributed by atoms with Gasteiger partial charge < -0.3 is 4.74 Å². The molecule has 0 radical (unpaired) electrons. The van der Waals surface area contributed by atoms with Gasteiger partial charge in [-0.05, 0) is 50.2 Å². The molecule has 3 aromatic carbocycles. The second-order valence-corrected chi connectivity index (χ2v) is 10.1. The van der Waals surface area contributed by atoms with Crippen LogP contribution in [-0.2, 0) is 4.74 Å². The summed E-state index contributed by atoms with van der Waals surface area (Å²) in [5, 5.41) is 4.25. The van der Waals surface area contributed by atoms with E-state index in [0.717, 1.165) is 12.8 Å². The molecule has 0 heterocycles. The molecule has 0 aromatic heterocycles. The topological polar surface area (TPSA) is 9.23 Å². The van der Waals surface area contributed by atoms with Crippen molar-refractivity contribution in [2.24, 2.45) is 0 Å². The third kappa shape index (κ3) is 4.62. The lowest BCUT2D eigenvalue weighted by Crippen LogP contribution is -2.34. The monoisotopic (exact) mass is 429 g/mol. The maximum Gasteiger partial charge on any atom is 0.114 e. The highest BCUT2D eigenvalue weighted by Crippen LogP contribution is 2.54. The van der Waals surface area contributed by atoms with Crippen LogP contribution in [0, 0.1) is 0 Å². The Balaban J connectivity index is 0.00000243. The van der Waals surface area contributed by atoms with Crippen LogP contribution in [0.1, 0.15) is 13.8 Å². The van der Waals surface area contributed by atoms with E-state index in [4.69, 9.17) is 4.74 Å². The van der Waals surface area contributed by atoms with E-state index in [1.165, 1.54) is 15.9 Å². The Kier molecular flexibility index (Phi) is 8.03. The fourth-order valence-electron chi connectivity index (χ4n) is 3.31. The summed E-state index contributed by atoms with van der Waals surface area (Å²) in [5.41, 5.74) is 0. The molecule has 0 saturated carbocycles. The number of ether oxygens (including phenoxy) is 1. The zero-order chi connectivity index (χ0) is 17.5. The Morgan fingerprint density at radius 3 is 1.31 bits per heavy atom. The Bertz CT molecular complexity index is 663. The van der Waals surface area contributed by atoms with Crippen LogP contribution in [0.25, 0.3) is 0 Å². The lowest BCUT2D eigenvalue weighted by Gasteiger charge is -2.28. The summed E-state index contributed by atoms with van der Waals surface area (Å²) in [5.74, 6) is 0. The summed E-state index contributed by atoms with van der Waals surface area (Å²) in [7, 11) is -1.73. The average Bonchev–Trinajstić information content (AvgIpc) is 2.67. The number of hydrogen-bond donors (Lipinski definition) is 0. The van der Waals surface area contributed by atoms with Crippen LogP contribution in [0.5, 0.6) is 0 Å². The molecule has 0 aliphatic rings. The molecule has 26 heavy (non-hydrogen) atoms. The van der Waals surface area contributed by atoms with Crippen LogP contribution in [0.2, 0.25) is 0 Å². The van der Waals surface area contributed by atoms with Gasteiger partial charge in [-0.25, -0.2) is 0 Å². The Hall–Kier alpha value is -1.47. The minimum Gasteiger partial charge on any atom is -0.375 e. The third-order valence-electron chi connectivity index (χ3n) is 4.47. The highest BCUT2D eigenvalue weighted by atomic mass is 79.9. The van der Waals surface area contributed by atoms with Gasteiger partial charge >= 0.3 is 0 Å². The van der Waals surface area contributed by atoms with Crippen LogP contribution in [0.4, 0.5) is 0 Å². The first kappa shape index (κ1) is 20.8. The molecular weight excluding hydrogens is 403 g/mol. The minimum absolute atomic E-state index is 0. The molecule has 0 fully saturated rings. The van der Waals surface area contributed by atoms with Gasteiger partial charge in [0.2, 0.25) is 0 Å². The molecule has 136 valence electrons. The summed E-state index contributed by atoms with van der Waals surface area (Å²) < 4.78 is 5.99. The molecule has 0 amide bonds. The van der Waals surface area contributed by atoms with Crippen molar-refractivity contribution in [1.29, 1.82) is 0 Å². The van der Waals surface area contributed by atoms with Gasteiger partial charge in [-0.1, -0.05) is 54.6 Å². The fraction of sp³-hybridized carbons (Fsp3) is 0.217. The molecule has 0 aliphatic heterocycles. The van der Waals surface area contributed by atoms with Gasteiger partial charge in [0, 0.05) is 0 Å². The summed E-state index contributed by atoms with van der Waals surface area (Å²) in [6.45, 7) is 4.98. The predicted molar refractivity (Wildman–Crippen MR) is 121 cm³/mol. The molecule has 3 heteroatoms. The zero-order valence-electron chi connectivity index (χ0n) is 15.4. The molecule has 0 aliphatic carbocycles. The molecule has 0 saturated heterocycles. The fourth-order valence-corrected chi connectivity index (χ4v) is 7.40. The van der Waals surface area contributed by atoms with Crippen molar-refractivity contribution in [2.45, 2.75) is 20.0 Å². The Morgan fingerprint density at radius 1 is 0.654 bits per heavy atom. The number of hydrogen-bond acceptors (Lipinski definition) is 1. The van der Waals surface area contributed by atoms with Crippen molar-refractivity contribution in [3.8, 4) is 0 Å². The van der Waals surface area contributed by atoms with Gasteiger partial charge in [0.1, 0.15) is 23.2 Å². The molecule has 0 atom stereocenters. The first-order chi connectivity index (χ1) is 12.2. The lowest BCUT2D eigenvalue weighted by atomic mass is 10.4. The normalized spacial score (nSPS) is 11.2. The SMILES string of the molecule is Br.CC(C)OCC[P+](c1ccccc1)(c1ccccc1)c1ccccc1. The zero-order valence-corrected chi connectivity index (χ0v) is 18.0. The van der Waals surface area contributed by atoms with Gasteiger partial charge in [-0.3, -0.25) is 0 Å². The van der Waals surface area contributed by atoms with Gasteiger partial charge in [0.05, 0.1) is 18.9 Å². The lowest BCUT2D eigenvalue weighted by molar-refractivity contribution is 0.0916. The van der Waals surface area contributed by atoms with Gasteiger partial charge in [-0.15, -0.1) is 17.0 Å². The summed E-state index contributed by atoms with van der Waals surface area (Å²) in [6.07, 6.45) is 1.27. The third-order valence-corrected chi connectivity index (χ3v) is 8.86. The summed E-state index contributed by atoms with van der Waals surface area (Å²) in [4.78, 5) is 0. The molecule has 3 rings (SSSR count). The highest BCUT2D eigenvalue weighted by molar-refractivity contribution is 8.93. The predicted octanol–water partition coefficient (Wildman–Crippen LogP) is 4.98. The van der Waals surface area contributed by atoms with E-state index in [1.807, 2.05) is 0 Å². The van der Waals surface area contributed by atoms with E-state index in [9.17, 15) is 0 Å². The largest absolute Gasteiger partial charge is 0.375 e. The van der Waals surface area contributed by atoms with Crippen LogP contribution in [-0.4, -0.2) is 18.9 Å². The second-order valence-electron chi connectivity index (χ2n) is 6.46. The average molecular weight is 430 g/mol. The standard InChI is InChI=1S/C23H26OP.BrH/c1-20(2)24-18-19-25(21-12-6-3-7-13-21,22-14-8-4-9-15-22)23-16-10-5-11-17-23;/h3-17,20H,18-19H2,1-2H3;1H/q+1;. The molecule has 0 bridgehead atoms. The maximum absolute atomic E-state index is 5.99. The molecule has 0 N–H and O–H groups in total. The van der Waals surface area contributed by atoms with Crippen molar-refractivity contribution in [3.05, 3.63) is 91.0 Å². The second kappa shape index (κ2) is 10.0. The maximum atomic E-state index is 5.99. The van der Waals surface area contributed by atoms with E-state index in [2.05, 4.69) is 105 Å². The van der Waals surface area contributed by atoms with Crippen LogP contribution < -0.4 is 15.9 Å². The van der Waals surface area contributed by atoms with Crippen LogP contribution in [0.15, 0.2) is 91.0 Å². The first-order valence-corrected chi connectivity index (χ1v) is 10.9. The molecule has 3 aromatic rings. The van der Waals surface area contributed by atoms with E-state index in [-0.39, 0.29) is 23.1 Å². The highest BCUT2D eigenvalue weighted by Gasteiger charge is 2.44. The minimum atomic E-state index is -1.73. The molecule has 0 unspecified atom stereocenters. The number of benzene rings is 3. The number of halogens is 1. The molecular formula is C23H27BrOP+. The van der Waals surface area contributed by atoms with E-state index < -0.39 is 7.26 Å². The van der Waals surface area contributed by atoms with E-state index in [1.54, 1.807) is 0 Å². The van der Waals surface area contributed by atoms with Crippen molar-refractivity contribution in [2.75, 3.05) is 12.8 Å². The smallest absolute Gasteiger partial charge is 0.114 e. The first-order valence-electron chi connectivity index (χ1n) is 8.90. The van der Waals surface area contributed by atoms with Gasteiger partial charge in [0.15, 0.2) is 0 Å². The Morgan fingerprint density at radius 2 is 1.00 bits per heavy atom. The van der Waals surface area contributed by atoms with Crippen molar-refractivity contribution < 1.29 is 4.74 Å².